The van der Waals surface area contributed by atoms with Gasteiger partial charge in [0.25, 0.3) is 5.56 Å². The van der Waals surface area contributed by atoms with Gasteiger partial charge in [-0.3, -0.25) is 14.2 Å². The van der Waals surface area contributed by atoms with Crippen molar-refractivity contribution in [3.05, 3.63) is 96.4 Å². The Labute approximate surface area is 198 Å². The second-order valence-corrected chi connectivity index (χ2v) is 8.50. The Morgan fingerprint density at radius 3 is 2.53 bits per heavy atom. The summed E-state index contributed by atoms with van der Waals surface area (Å²) in [4.78, 5) is 42.5. The molecule has 0 saturated heterocycles. The van der Waals surface area contributed by atoms with Crippen molar-refractivity contribution >= 4 is 29.4 Å². The van der Waals surface area contributed by atoms with Gasteiger partial charge in [-0.2, -0.15) is 0 Å². The maximum Gasteiger partial charge on any atom is 0.338 e. The van der Waals surface area contributed by atoms with Gasteiger partial charge in [0.15, 0.2) is 4.80 Å². The first kappa shape index (κ1) is 23.3. The highest BCUT2D eigenvalue weighted by Crippen LogP contribution is 2.31. The van der Waals surface area contributed by atoms with Gasteiger partial charge in [-0.05, 0) is 43.7 Å². The third-order valence-electron chi connectivity index (χ3n) is 5.17. The Hall–Kier alpha value is -3.85. The fraction of sp³-hybridized carbons (Fsp3) is 0.200. The van der Waals surface area contributed by atoms with Crippen LogP contribution in [0.25, 0.3) is 6.08 Å². The van der Waals surface area contributed by atoms with Gasteiger partial charge in [0.2, 0.25) is 0 Å². The average Bonchev–Trinajstić information content (AvgIpc) is 3.09. The molecule has 0 spiro atoms. The Morgan fingerprint density at radius 1 is 1.18 bits per heavy atom. The first-order valence-corrected chi connectivity index (χ1v) is 11.3. The van der Waals surface area contributed by atoms with E-state index in [1.54, 1.807) is 56.3 Å². The zero-order valence-corrected chi connectivity index (χ0v) is 19.5. The monoisotopic (exact) mass is 480 g/mol. The molecule has 1 aliphatic rings. The highest BCUT2D eigenvalue weighted by molar-refractivity contribution is 7.07. The molecule has 0 fully saturated rings. The molecule has 0 amide bonds. The number of thiazole rings is 1. The lowest BCUT2D eigenvalue weighted by Crippen LogP contribution is -2.39. The summed E-state index contributed by atoms with van der Waals surface area (Å²) in [6, 6.07) is 11.9. The van der Waals surface area contributed by atoms with Crippen LogP contribution in [0.2, 0.25) is 0 Å². The van der Waals surface area contributed by atoms with E-state index in [1.807, 2.05) is 0 Å². The molecular weight excluding hydrogens is 459 g/mol. The van der Waals surface area contributed by atoms with E-state index in [9.17, 15) is 18.8 Å². The van der Waals surface area contributed by atoms with E-state index in [2.05, 4.69) is 4.99 Å². The largest absolute Gasteiger partial charge is 0.463 e. The minimum Gasteiger partial charge on any atom is -0.463 e. The van der Waals surface area contributed by atoms with E-state index >= 15 is 0 Å². The van der Waals surface area contributed by atoms with E-state index in [0.717, 1.165) is 11.3 Å². The molecule has 2 heterocycles. The topological polar surface area (TPSA) is 87.0 Å². The number of carbonyl (C=O) groups is 2. The minimum atomic E-state index is -0.815. The lowest BCUT2D eigenvalue weighted by atomic mass is 9.96. The molecule has 0 bridgehead atoms. The van der Waals surface area contributed by atoms with Gasteiger partial charge < -0.3 is 9.47 Å². The predicted octanol–water partition coefficient (Wildman–Crippen LogP) is 2.86. The number of esters is 2. The molecule has 0 unspecified atom stereocenters. The standard InChI is InChI=1S/C25H21FN2O5S/c1-4-32-24(31)21-14(2)27-25-28(22(21)16-9-11-18(12-10-16)33-15(3)29)23(30)20(34-25)13-17-7-5-6-8-19(17)26/h5-13,22H,4H2,1-3H3/b20-13-/t22-/m0/s1. The molecular formula is C25H21FN2O5S. The van der Waals surface area contributed by atoms with Crippen molar-refractivity contribution in [2.45, 2.75) is 26.8 Å². The smallest absolute Gasteiger partial charge is 0.338 e. The fourth-order valence-electron chi connectivity index (χ4n) is 3.72. The van der Waals surface area contributed by atoms with Crippen molar-refractivity contribution in [2.24, 2.45) is 4.99 Å². The van der Waals surface area contributed by atoms with Crippen molar-refractivity contribution < 1.29 is 23.5 Å². The van der Waals surface area contributed by atoms with Gasteiger partial charge >= 0.3 is 11.9 Å². The van der Waals surface area contributed by atoms with Crippen molar-refractivity contribution in [3.8, 4) is 5.75 Å². The molecule has 1 atom stereocenters. The number of halogens is 1. The number of benzene rings is 2. The van der Waals surface area contributed by atoms with Crippen LogP contribution in [0.3, 0.4) is 0 Å². The number of rotatable bonds is 5. The summed E-state index contributed by atoms with van der Waals surface area (Å²) in [7, 11) is 0. The highest BCUT2D eigenvalue weighted by atomic mass is 32.1. The second kappa shape index (κ2) is 9.56. The van der Waals surface area contributed by atoms with Crippen LogP contribution in [0, 0.1) is 5.82 Å². The Bertz CT molecular complexity index is 1480. The number of nitrogens with zero attached hydrogens (tertiary/aromatic N) is 2. The normalized spacial score (nSPS) is 15.5. The van der Waals surface area contributed by atoms with Crippen LogP contribution < -0.4 is 19.6 Å². The molecule has 1 aliphatic heterocycles. The number of ether oxygens (including phenoxy) is 2. The summed E-state index contributed by atoms with van der Waals surface area (Å²) in [5.74, 6) is -1.16. The van der Waals surface area contributed by atoms with Crippen LogP contribution >= 0.6 is 11.3 Å². The van der Waals surface area contributed by atoms with Gasteiger partial charge in [-0.1, -0.05) is 41.7 Å². The first-order chi connectivity index (χ1) is 16.3. The fourth-order valence-corrected chi connectivity index (χ4v) is 4.76. The first-order valence-electron chi connectivity index (χ1n) is 10.5. The quantitative estimate of drug-likeness (QED) is 0.414. The summed E-state index contributed by atoms with van der Waals surface area (Å²) in [6.07, 6.45) is 1.48. The van der Waals surface area contributed by atoms with Crippen molar-refractivity contribution in [2.75, 3.05) is 6.61 Å². The number of hydrogen-bond donors (Lipinski definition) is 0. The van der Waals surface area contributed by atoms with Gasteiger partial charge in [-0.25, -0.2) is 14.2 Å². The van der Waals surface area contributed by atoms with Crippen LogP contribution in [0.15, 0.2) is 69.6 Å². The molecule has 0 radical (unpaired) electrons. The van der Waals surface area contributed by atoms with E-state index in [4.69, 9.17) is 9.47 Å². The zero-order chi connectivity index (χ0) is 24.4. The number of fused-ring (bicyclic) bond motifs is 1. The SMILES string of the molecule is CCOC(=O)C1=C(C)N=c2s/c(=C\c3ccccc3F)c(=O)n2[C@H]1c1ccc(OC(C)=O)cc1. The summed E-state index contributed by atoms with van der Waals surface area (Å²) >= 11 is 1.11. The van der Waals surface area contributed by atoms with Gasteiger partial charge in [0.05, 0.1) is 28.5 Å². The average molecular weight is 481 g/mol. The molecule has 1 aromatic heterocycles. The third-order valence-corrected chi connectivity index (χ3v) is 6.15. The molecule has 9 heteroatoms. The molecule has 4 rings (SSSR count). The van der Waals surface area contributed by atoms with Crippen molar-refractivity contribution in [3.63, 3.8) is 0 Å². The molecule has 3 aromatic rings. The molecule has 2 aromatic carbocycles. The van der Waals surface area contributed by atoms with Gasteiger partial charge in [0, 0.05) is 12.5 Å². The number of carbonyl (C=O) groups excluding carboxylic acids is 2. The van der Waals surface area contributed by atoms with E-state index in [0.29, 0.717) is 21.8 Å². The Kier molecular flexibility index (Phi) is 6.56. The molecule has 0 saturated carbocycles. The van der Waals surface area contributed by atoms with Crippen LogP contribution in [-0.4, -0.2) is 23.1 Å². The van der Waals surface area contributed by atoms with Crippen molar-refractivity contribution in [1.29, 1.82) is 0 Å². The summed E-state index contributed by atoms with van der Waals surface area (Å²) in [5, 5.41) is 0. The van der Waals surface area contributed by atoms with E-state index < -0.39 is 29.4 Å². The van der Waals surface area contributed by atoms with Gasteiger partial charge in [0.1, 0.15) is 11.6 Å². The highest BCUT2D eigenvalue weighted by Gasteiger charge is 2.33. The van der Waals surface area contributed by atoms with Crippen molar-refractivity contribution in [1.82, 2.24) is 4.57 Å². The number of hydrogen-bond acceptors (Lipinski definition) is 7. The summed E-state index contributed by atoms with van der Waals surface area (Å²) in [5.41, 5.74) is 1.12. The zero-order valence-electron chi connectivity index (χ0n) is 18.7. The van der Waals surface area contributed by atoms with E-state index in [1.165, 1.54) is 23.6 Å². The molecule has 7 nitrogen and oxygen atoms in total. The van der Waals surface area contributed by atoms with Crippen LogP contribution in [0.1, 0.15) is 37.9 Å². The van der Waals surface area contributed by atoms with E-state index in [-0.39, 0.29) is 22.3 Å². The second-order valence-electron chi connectivity index (χ2n) is 7.49. The maximum atomic E-state index is 14.2. The molecule has 0 N–H and O–H groups in total. The summed E-state index contributed by atoms with van der Waals surface area (Å²) in [6.45, 7) is 4.83. The van der Waals surface area contributed by atoms with Crippen LogP contribution in [0.4, 0.5) is 4.39 Å². The van der Waals surface area contributed by atoms with Crippen LogP contribution in [0.5, 0.6) is 5.75 Å². The summed E-state index contributed by atoms with van der Waals surface area (Å²) < 4.78 is 26.3. The lowest BCUT2D eigenvalue weighted by Gasteiger charge is -2.24. The minimum absolute atomic E-state index is 0.158. The number of allylic oxidation sites excluding steroid dienone is 1. The lowest BCUT2D eigenvalue weighted by molar-refractivity contribution is -0.139. The Balaban J connectivity index is 1.92. The molecule has 174 valence electrons. The maximum absolute atomic E-state index is 14.2. The van der Waals surface area contributed by atoms with Gasteiger partial charge in [-0.15, -0.1) is 0 Å². The van der Waals surface area contributed by atoms with Crippen LogP contribution in [-0.2, 0) is 14.3 Å². The number of aromatic nitrogens is 1. The predicted molar refractivity (Wildman–Crippen MR) is 125 cm³/mol. The molecule has 34 heavy (non-hydrogen) atoms. The Morgan fingerprint density at radius 2 is 1.88 bits per heavy atom. The molecule has 0 aliphatic carbocycles. The third kappa shape index (κ3) is 4.47.